The first kappa shape index (κ1) is 19.9. The zero-order valence-electron chi connectivity index (χ0n) is 15.8. The topological polar surface area (TPSA) is 9.23 Å². The minimum Gasteiger partial charge on any atom is -0.490 e. The predicted octanol–water partition coefficient (Wildman–Crippen LogP) is 7.42. The van der Waals surface area contributed by atoms with Gasteiger partial charge in [0.15, 0.2) is 11.6 Å². The average molecular weight is 408 g/mol. The molecule has 0 unspecified atom stereocenters. The van der Waals surface area contributed by atoms with E-state index in [1.165, 1.54) is 18.6 Å². The highest BCUT2D eigenvalue weighted by Crippen LogP contribution is 2.52. The van der Waals surface area contributed by atoms with Crippen LogP contribution in [0.2, 0.25) is 0 Å². The van der Waals surface area contributed by atoms with Crippen LogP contribution >= 0.6 is 0 Å². The molecular weight excluding hydrogens is 387 g/mol. The van der Waals surface area contributed by atoms with Crippen LogP contribution in [0.3, 0.4) is 0 Å². The second-order valence-corrected chi connectivity index (χ2v) is 7.73. The van der Waals surface area contributed by atoms with E-state index in [9.17, 15) is 22.0 Å². The monoisotopic (exact) mass is 408 g/mol. The molecule has 0 saturated heterocycles. The van der Waals surface area contributed by atoms with Crippen molar-refractivity contribution in [1.82, 2.24) is 0 Å². The Hall–Kier alpha value is -2.37. The van der Waals surface area contributed by atoms with E-state index < -0.39 is 23.5 Å². The maximum absolute atomic E-state index is 14.8. The molecule has 2 aromatic rings. The Morgan fingerprint density at radius 2 is 1.66 bits per heavy atom. The molecule has 1 nitrogen and oxygen atoms in total. The van der Waals surface area contributed by atoms with Crippen molar-refractivity contribution in [2.45, 2.75) is 44.9 Å². The van der Waals surface area contributed by atoms with E-state index in [0.717, 1.165) is 25.7 Å². The Morgan fingerprint density at radius 3 is 2.38 bits per heavy atom. The third-order valence-electron chi connectivity index (χ3n) is 5.85. The summed E-state index contributed by atoms with van der Waals surface area (Å²) < 4.78 is 73.9. The highest BCUT2D eigenvalue weighted by Gasteiger charge is 2.34. The van der Waals surface area contributed by atoms with Gasteiger partial charge in [0.2, 0.25) is 5.82 Å². The molecule has 0 aromatic heterocycles. The molecule has 154 valence electrons. The number of ether oxygens (including phenoxy) is 1. The van der Waals surface area contributed by atoms with Crippen molar-refractivity contribution in [1.29, 1.82) is 0 Å². The number of hydrogen-bond acceptors (Lipinski definition) is 1. The van der Waals surface area contributed by atoms with Crippen molar-refractivity contribution in [2.24, 2.45) is 5.92 Å². The number of fused-ring (bicyclic) bond motifs is 4. The molecule has 29 heavy (non-hydrogen) atoms. The third-order valence-corrected chi connectivity index (χ3v) is 5.85. The van der Waals surface area contributed by atoms with E-state index in [1.54, 1.807) is 6.07 Å². The summed E-state index contributed by atoms with van der Waals surface area (Å²) in [5, 5.41) is 0. The van der Waals surface area contributed by atoms with E-state index in [1.807, 2.05) is 0 Å². The molecule has 2 aliphatic carbocycles. The van der Waals surface area contributed by atoms with E-state index in [-0.39, 0.29) is 35.3 Å². The first-order valence-corrected chi connectivity index (χ1v) is 9.95. The molecule has 0 spiro atoms. The van der Waals surface area contributed by atoms with Gasteiger partial charge in [-0.15, -0.1) is 0 Å². The van der Waals surface area contributed by atoms with Gasteiger partial charge in [-0.2, -0.15) is 13.2 Å². The maximum Gasteiger partial charge on any atom is 0.266 e. The number of rotatable bonds is 6. The van der Waals surface area contributed by atoms with Crippen LogP contribution < -0.4 is 4.74 Å². The van der Waals surface area contributed by atoms with Crippen molar-refractivity contribution in [2.75, 3.05) is 6.61 Å². The lowest BCUT2D eigenvalue weighted by atomic mass is 9.78. The van der Waals surface area contributed by atoms with Gasteiger partial charge < -0.3 is 4.74 Å². The lowest BCUT2D eigenvalue weighted by molar-refractivity contribution is 0.201. The van der Waals surface area contributed by atoms with Gasteiger partial charge in [-0.05, 0) is 60.4 Å². The largest absolute Gasteiger partial charge is 0.490 e. The molecule has 1 fully saturated rings. The fourth-order valence-electron chi connectivity index (χ4n) is 4.28. The molecule has 0 amide bonds. The molecule has 4 rings (SSSR count). The van der Waals surface area contributed by atoms with Gasteiger partial charge in [0, 0.05) is 11.1 Å². The van der Waals surface area contributed by atoms with Crippen molar-refractivity contribution in [3.8, 4) is 28.0 Å². The second-order valence-electron chi connectivity index (χ2n) is 7.73. The lowest BCUT2D eigenvalue weighted by Gasteiger charge is -2.28. The van der Waals surface area contributed by atoms with Gasteiger partial charge in [0.1, 0.15) is 5.82 Å². The van der Waals surface area contributed by atoms with Crippen LogP contribution in [0.1, 0.15) is 44.1 Å². The summed E-state index contributed by atoms with van der Waals surface area (Å²) in [6, 6.07) is 4.55. The van der Waals surface area contributed by atoms with Gasteiger partial charge in [0.25, 0.3) is 6.08 Å². The second kappa shape index (κ2) is 8.17. The van der Waals surface area contributed by atoms with Crippen LogP contribution in [0.5, 0.6) is 5.75 Å². The Balaban J connectivity index is 1.57. The number of allylic oxidation sites excluding steroid dienone is 1. The van der Waals surface area contributed by atoms with Crippen LogP contribution in [0.25, 0.3) is 22.3 Å². The van der Waals surface area contributed by atoms with Crippen LogP contribution in [-0.2, 0) is 6.42 Å². The SMILES string of the molecule is FC(F)=CCCc1ccc2c(c1F)-c1c-2cc(OCC2CCCCC2)c(F)c1F. The van der Waals surface area contributed by atoms with Crippen LogP contribution in [0.4, 0.5) is 22.0 Å². The van der Waals surface area contributed by atoms with Crippen LogP contribution in [-0.4, -0.2) is 6.61 Å². The molecule has 1 saturated carbocycles. The first-order chi connectivity index (χ1) is 14.0. The Kier molecular flexibility index (Phi) is 5.61. The van der Waals surface area contributed by atoms with Gasteiger partial charge in [0.05, 0.1) is 6.61 Å². The van der Waals surface area contributed by atoms with Crippen LogP contribution in [0.15, 0.2) is 30.4 Å². The number of hydrogen-bond donors (Lipinski definition) is 0. The number of aryl methyl sites for hydroxylation is 1. The zero-order chi connectivity index (χ0) is 20.5. The summed E-state index contributed by atoms with van der Waals surface area (Å²) in [7, 11) is 0. The van der Waals surface area contributed by atoms with E-state index >= 15 is 0 Å². The molecule has 0 radical (unpaired) electrons. The Labute approximate surface area is 166 Å². The molecule has 0 heterocycles. The molecule has 0 atom stereocenters. The van der Waals surface area contributed by atoms with E-state index in [4.69, 9.17) is 4.74 Å². The number of benzene rings is 2. The molecule has 2 aromatic carbocycles. The normalized spacial score (nSPS) is 15.3. The molecular formula is C23H21F5O. The summed E-state index contributed by atoms with van der Waals surface area (Å²) in [6.07, 6.45) is 4.39. The van der Waals surface area contributed by atoms with E-state index in [2.05, 4.69) is 0 Å². The summed E-state index contributed by atoms with van der Waals surface area (Å²) in [5.74, 6) is -2.73. The van der Waals surface area contributed by atoms with Crippen molar-refractivity contribution < 1.29 is 26.7 Å². The van der Waals surface area contributed by atoms with Crippen molar-refractivity contribution in [3.05, 3.63) is 53.4 Å². The molecule has 2 aliphatic rings. The minimum absolute atomic E-state index is 0.0115. The third kappa shape index (κ3) is 3.77. The molecule has 0 bridgehead atoms. The summed E-state index contributed by atoms with van der Waals surface area (Å²) >= 11 is 0. The van der Waals surface area contributed by atoms with Gasteiger partial charge in [-0.3, -0.25) is 0 Å². The highest BCUT2D eigenvalue weighted by atomic mass is 19.3. The summed E-state index contributed by atoms with van der Waals surface area (Å²) in [5.41, 5.74) is 1.00. The first-order valence-electron chi connectivity index (χ1n) is 9.95. The van der Waals surface area contributed by atoms with Crippen LogP contribution in [0, 0.1) is 23.4 Å². The maximum atomic E-state index is 14.8. The minimum atomic E-state index is -1.83. The average Bonchev–Trinajstić information content (AvgIpc) is 2.69. The van der Waals surface area contributed by atoms with Gasteiger partial charge in [-0.1, -0.05) is 31.4 Å². The Bertz CT molecular complexity index is 956. The van der Waals surface area contributed by atoms with Gasteiger partial charge >= 0.3 is 0 Å². The Morgan fingerprint density at radius 1 is 0.931 bits per heavy atom. The zero-order valence-corrected chi connectivity index (χ0v) is 15.8. The smallest absolute Gasteiger partial charge is 0.266 e. The molecule has 0 aliphatic heterocycles. The lowest BCUT2D eigenvalue weighted by Crippen LogP contribution is -2.17. The van der Waals surface area contributed by atoms with Crippen molar-refractivity contribution >= 4 is 0 Å². The number of halogens is 5. The molecule has 6 heteroatoms. The van der Waals surface area contributed by atoms with Gasteiger partial charge in [-0.25, -0.2) is 8.78 Å². The van der Waals surface area contributed by atoms with Crippen molar-refractivity contribution in [3.63, 3.8) is 0 Å². The summed E-state index contributed by atoms with van der Waals surface area (Å²) in [6.45, 7) is 0.341. The predicted molar refractivity (Wildman–Crippen MR) is 101 cm³/mol. The standard InChI is InChI=1S/C23H21F5O/c24-18(25)8-4-7-14-9-10-15-16-11-17(29-12-13-5-2-1-3-6-13)22(27)23(28)20(16)19(15)21(14)26/h8-11,13H,1-7,12H2. The quantitative estimate of drug-likeness (QED) is 0.386. The highest BCUT2D eigenvalue weighted by molar-refractivity contribution is 6.03. The molecule has 0 N–H and O–H groups in total. The fraction of sp³-hybridized carbons (Fsp3) is 0.391. The fourth-order valence-corrected chi connectivity index (χ4v) is 4.28. The van der Waals surface area contributed by atoms with E-state index in [0.29, 0.717) is 29.7 Å². The summed E-state index contributed by atoms with van der Waals surface area (Å²) in [4.78, 5) is 0.